The molecule has 0 aliphatic rings. The van der Waals surface area contributed by atoms with Gasteiger partial charge in [0, 0.05) is 12.6 Å². The third kappa shape index (κ3) is 2.77. The summed E-state index contributed by atoms with van der Waals surface area (Å²) in [6.45, 7) is 3.98. The van der Waals surface area contributed by atoms with E-state index in [0.29, 0.717) is 0 Å². The zero-order valence-corrected chi connectivity index (χ0v) is 11.0. The average Bonchev–Trinajstić information content (AvgIpc) is 2.29. The number of amides is 1. The Balaban J connectivity index is 3.31. The number of carbonyl (C=O) groups excluding carboxylic acids is 1. The van der Waals surface area contributed by atoms with Crippen LogP contribution >= 0.6 is 0 Å². The molecule has 4 heteroatoms. The van der Waals surface area contributed by atoms with Crippen molar-refractivity contribution in [2.24, 2.45) is 0 Å². The van der Waals surface area contributed by atoms with Crippen LogP contribution in [0.25, 0.3) is 0 Å². The minimum Gasteiger partial charge on any atom is -0.496 e. The highest BCUT2D eigenvalue weighted by atomic mass is 16.5. The second-order valence-electron chi connectivity index (χ2n) is 4.04. The van der Waals surface area contributed by atoms with E-state index in [1.807, 2.05) is 26.0 Å². The molecule has 0 heterocycles. The van der Waals surface area contributed by atoms with Crippen LogP contribution in [0, 0.1) is 13.8 Å². The quantitative estimate of drug-likeness (QED) is 0.829. The number of hydrogen-bond acceptors (Lipinski definition) is 3. The molecule has 1 amide bonds. The Labute approximate surface area is 102 Å². The summed E-state index contributed by atoms with van der Waals surface area (Å²) in [7, 11) is 5.01. The van der Waals surface area contributed by atoms with Gasteiger partial charge in [-0.15, -0.1) is 0 Å². The van der Waals surface area contributed by atoms with Crippen LogP contribution in [0.2, 0.25) is 0 Å². The van der Waals surface area contributed by atoms with Gasteiger partial charge in [0.15, 0.2) is 0 Å². The first kappa shape index (κ1) is 13.5. The molecule has 0 saturated heterocycles. The first-order valence-electron chi connectivity index (χ1n) is 5.59. The minimum absolute atomic E-state index is 0.0733. The van der Waals surface area contributed by atoms with Crippen LogP contribution in [0.5, 0.6) is 5.75 Å². The normalized spacial score (nSPS) is 12.1. The van der Waals surface area contributed by atoms with E-state index in [2.05, 4.69) is 10.6 Å². The Morgan fingerprint density at radius 2 is 1.94 bits per heavy atom. The molecule has 0 radical (unpaired) electrons. The molecule has 1 aromatic carbocycles. The van der Waals surface area contributed by atoms with Gasteiger partial charge >= 0.3 is 0 Å². The molecule has 1 rings (SSSR count). The third-order valence-corrected chi connectivity index (χ3v) is 2.76. The van der Waals surface area contributed by atoms with E-state index in [1.54, 1.807) is 21.2 Å². The van der Waals surface area contributed by atoms with Gasteiger partial charge in [-0.25, -0.2) is 0 Å². The van der Waals surface area contributed by atoms with Crippen LogP contribution in [-0.2, 0) is 4.79 Å². The molecule has 1 unspecified atom stereocenters. The molecule has 0 bridgehead atoms. The number of likely N-dealkylation sites (N-methyl/N-ethyl adjacent to an activating group) is 2. The maximum Gasteiger partial charge on any atom is 0.241 e. The van der Waals surface area contributed by atoms with Gasteiger partial charge in [-0.05, 0) is 26.5 Å². The minimum atomic E-state index is -0.395. The van der Waals surface area contributed by atoms with Gasteiger partial charge in [0.1, 0.15) is 11.8 Å². The Bertz CT molecular complexity index is 416. The van der Waals surface area contributed by atoms with Crippen molar-refractivity contribution in [1.29, 1.82) is 0 Å². The Morgan fingerprint density at radius 3 is 2.41 bits per heavy atom. The molecule has 1 aromatic rings. The zero-order valence-electron chi connectivity index (χ0n) is 11.0. The highest BCUT2D eigenvalue weighted by molar-refractivity contribution is 5.84. The summed E-state index contributed by atoms with van der Waals surface area (Å²) >= 11 is 0. The van der Waals surface area contributed by atoms with Crippen molar-refractivity contribution in [3.05, 3.63) is 28.8 Å². The first-order valence-corrected chi connectivity index (χ1v) is 5.59. The molecule has 4 nitrogen and oxygen atoms in total. The van der Waals surface area contributed by atoms with Crippen LogP contribution in [0.3, 0.4) is 0 Å². The van der Waals surface area contributed by atoms with E-state index in [1.165, 1.54) is 0 Å². The van der Waals surface area contributed by atoms with Crippen LogP contribution in [-0.4, -0.2) is 27.1 Å². The zero-order chi connectivity index (χ0) is 13.0. The van der Waals surface area contributed by atoms with E-state index in [0.717, 1.165) is 22.4 Å². The lowest BCUT2D eigenvalue weighted by Crippen LogP contribution is -2.34. The van der Waals surface area contributed by atoms with Crippen molar-refractivity contribution >= 4 is 5.91 Å². The van der Waals surface area contributed by atoms with E-state index in [9.17, 15) is 4.79 Å². The molecule has 94 valence electrons. The van der Waals surface area contributed by atoms with Gasteiger partial charge in [0.05, 0.1) is 7.11 Å². The number of aryl methyl sites for hydroxylation is 2. The number of methoxy groups -OCH3 is 1. The molecule has 0 fully saturated rings. The second kappa shape index (κ2) is 5.68. The summed E-state index contributed by atoms with van der Waals surface area (Å²) < 4.78 is 5.39. The Hall–Kier alpha value is -1.55. The lowest BCUT2D eigenvalue weighted by atomic mass is 9.99. The predicted molar refractivity (Wildman–Crippen MR) is 68.3 cm³/mol. The van der Waals surface area contributed by atoms with Crippen molar-refractivity contribution in [3.8, 4) is 5.75 Å². The summed E-state index contributed by atoms with van der Waals surface area (Å²) in [6, 6.07) is 3.62. The SMILES string of the molecule is CNC(=O)C(NC)c1cc(C)cc(C)c1OC. The van der Waals surface area contributed by atoms with E-state index in [4.69, 9.17) is 4.74 Å². The van der Waals surface area contributed by atoms with Crippen molar-refractivity contribution in [3.63, 3.8) is 0 Å². The molecule has 1 atom stereocenters. The Morgan fingerprint density at radius 1 is 1.29 bits per heavy atom. The maximum absolute atomic E-state index is 11.8. The summed E-state index contributed by atoms with van der Waals surface area (Å²) in [4.78, 5) is 11.8. The molecule has 0 saturated carbocycles. The summed E-state index contributed by atoms with van der Waals surface area (Å²) in [5.41, 5.74) is 3.01. The Kier molecular flexibility index (Phi) is 4.52. The van der Waals surface area contributed by atoms with Crippen molar-refractivity contribution < 1.29 is 9.53 Å². The second-order valence-corrected chi connectivity index (χ2v) is 4.04. The molecule has 17 heavy (non-hydrogen) atoms. The molecule has 0 aliphatic heterocycles. The van der Waals surface area contributed by atoms with Gasteiger partial charge < -0.3 is 15.4 Å². The number of ether oxygens (including phenoxy) is 1. The number of hydrogen-bond donors (Lipinski definition) is 2. The monoisotopic (exact) mass is 236 g/mol. The third-order valence-electron chi connectivity index (χ3n) is 2.76. The maximum atomic E-state index is 11.8. The lowest BCUT2D eigenvalue weighted by molar-refractivity contribution is -0.122. The van der Waals surface area contributed by atoms with Gasteiger partial charge in [0.25, 0.3) is 0 Å². The smallest absolute Gasteiger partial charge is 0.241 e. The van der Waals surface area contributed by atoms with Gasteiger partial charge in [-0.3, -0.25) is 4.79 Å². The highest BCUT2D eigenvalue weighted by Gasteiger charge is 2.22. The van der Waals surface area contributed by atoms with E-state index in [-0.39, 0.29) is 5.91 Å². The fourth-order valence-electron chi connectivity index (χ4n) is 2.05. The molecule has 2 N–H and O–H groups in total. The number of nitrogens with one attached hydrogen (secondary N) is 2. The highest BCUT2D eigenvalue weighted by Crippen LogP contribution is 2.30. The van der Waals surface area contributed by atoms with Crippen molar-refractivity contribution in [2.75, 3.05) is 21.2 Å². The fraction of sp³-hybridized carbons (Fsp3) is 0.462. The lowest BCUT2D eigenvalue weighted by Gasteiger charge is -2.20. The molecule has 0 aromatic heterocycles. The largest absolute Gasteiger partial charge is 0.496 e. The topological polar surface area (TPSA) is 50.4 Å². The van der Waals surface area contributed by atoms with E-state index >= 15 is 0 Å². The predicted octanol–water partition coefficient (Wildman–Crippen LogP) is 1.32. The van der Waals surface area contributed by atoms with Crippen LogP contribution in [0.1, 0.15) is 22.7 Å². The van der Waals surface area contributed by atoms with Crippen molar-refractivity contribution in [1.82, 2.24) is 10.6 Å². The summed E-state index contributed by atoms with van der Waals surface area (Å²) in [5.74, 6) is 0.689. The number of carbonyl (C=O) groups is 1. The number of benzene rings is 1. The molecular weight excluding hydrogens is 216 g/mol. The van der Waals surface area contributed by atoms with Gasteiger partial charge in [0.2, 0.25) is 5.91 Å². The average molecular weight is 236 g/mol. The van der Waals surface area contributed by atoms with Gasteiger partial charge in [-0.2, -0.15) is 0 Å². The van der Waals surface area contributed by atoms with E-state index < -0.39 is 6.04 Å². The van der Waals surface area contributed by atoms with Gasteiger partial charge in [-0.1, -0.05) is 17.7 Å². The van der Waals surface area contributed by atoms with Crippen molar-refractivity contribution in [2.45, 2.75) is 19.9 Å². The summed E-state index contributed by atoms with van der Waals surface area (Å²) in [5, 5.41) is 5.65. The molecule has 0 aliphatic carbocycles. The number of rotatable bonds is 4. The summed E-state index contributed by atoms with van der Waals surface area (Å²) in [6.07, 6.45) is 0. The molecule has 0 spiro atoms. The van der Waals surface area contributed by atoms with Crippen LogP contribution in [0.4, 0.5) is 0 Å². The molecular formula is C13H20N2O2. The fourth-order valence-corrected chi connectivity index (χ4v) is 2.05. The van der Waals surface area contributed by atoms with Crippen LogP contribution < -0.4 is 15.4 Å². The first-order chi connectivity index (χ1) is 8.04. The standard InChI is InChI=1S/C13H20N2O2/c1-8-6-9(2)12(17-5)10(7-8)11(14-3)13(16)15-4/h6-7,11,14H,1-5H3,(H,15,16). The van der Waals surface area contributed by atoms with Crippen LogP contribution in [0.15, 0.2) is 12.1 Å².